The summed E-state index contributed by atoms with van der Waals surface area (Å²) in [6, 6.07) is 27.0. The van der Waals surface area contributed by atoms with Gasteiger partial charge in [0.15, 0.2) is 0 Å². The molecule has 5 rings (SSSR count). The number of hydrogen-bond donors (Lipinski definition) is 1. The summed E-state index contributed by atoms with van der Waals surface area (Å²) in [5.41, 5.74) is 3.99. The van der Waals surface area contributed by atoms with Crippen molar-refractivity contribution in [3.8, 4) is 22.7 Å². The normalized spacial score (nSPS) is 14.8. The summed E-state index contributed by atoms with van der Waals surface area (Å²) in [5.74, 6) is -0.347. The SMILES string of the molecule is O=C1C(=Cc2cn(-c3ccccc3)nc2-c2cccc(OCc3ccccc3)c2)SC(=S)N1CCS(=O)(=O)O. The maximum absolute atomic E-state index is 13.1. The number of rotatable bonds is 9. The zero-order valence-electron chi connectivity index (χ0n) is 20.5. The van der Waals surface area contributed by atoms with Gasteiger partial charge in [-0.15, -0.1) is 0 Å². The van der Waals surface area contributed by atoms with Crippen molar-refractivity contribution in [2.24, 2.45) is 0 Å². The maximum Gasteiger partial charge on any atom is 0.266 e. The molecular formula is C28H23N3O5S3. The fourth-order valence-electron chi connectivity index (χ4n) is 3.94. The predicted molar refractivity (Wildman–Crippen MR) is 156 cm³/mol. The Bertz CT molecular complexity index is 1650. The number of nitrogens with zero attached hydrogens (tertiary/aromatic N) is 3. The molecule has 1 fully saturated rings. The molecular weight excluding hydrogens is 555 g/mol. The van der Waals surface area contributed by atoms with E-state index in [-0.39, 0.29) is 10.9 Å². The van der Waals surface area contributed by atoms with E-state index in [0.29, 0.717) is 28.5 Å². The number of ether oxygens (including phenoxy) is 1. The van der Waals surface area contributed by atoms with Gasteiger partial charge in [0.1, 0.15) is 22.4 Å². The molecule has 8 nitrogen and oxygen atoms in total. The fraction of sp³-hybridized carbons (Fsp3) is 0.107. The number of amides is 1. The van der Waals surface area contributed by atoms with Gasteiger partial charge >= 0.3 is 0 Å². The topological polar surface area (TPSA) is 102 Å². The molecule has 3 aromatic carbocycles. The third-order valence-electron chi connectivity index (χ3n) is 5.85. The van der Waals surface area contributed by atoms with Crippen molar-refractivity contribution < 1.29 is 22.5 Å². The zero-order chi connectivity index (χ0) is 27.4. The summed E-state index contributed by atoms with van der Waals surface area (Å²) in [4.78, 5) is 14.6. The molecule has 0 spiro atoms. The molecule has 0 atom stereocenters. The van der Waals surface area contributed by atoms with Gasteiger partial charge < -0.3 is 4.74 Å². The van der Waals surface area contributed by atoms with Crippen molar-refractivity contribution in [1.29, 1.82) is 0 Å². The Balaban J connectivity index is 1.48. The van der Waals surface area contributed by atoms with Gasteiger partial charge in [-0.3, -0.25) is 14.2 Å². The minimum atomic E-state index is -4.24. The van der Waals surface area contributed by atoms with Crippen LogP contribution in [0.15, 0.2) is 96.0 Å². The van der Waals surface area contributed by atoms with Crippen LogP contribution in [0.4, 0.5) is 0 Å². The number of aromatic nitrogens is 2. The van der Waals surface area contributed by atoms with Gasteiger partial charge in [-0.05, 0) is 35.9 Å². The van der Waals surface area contributed by atoms with Gasteiger partial charge in [-0.1, -0.05) is 84.6 Å². The molecule has 1 aromatic heterocycles. The van der Waals surface area contributed by atoms with Crippen molar-refractivity contribution in [2.45, 2.75) is 6.61 Å². The van der Waals surface area contributed by atoms with Crippen LogP contribution >= 0.6 is 24.0 Å². The summed E-state index contributed by atoms with van der Waals surface area (Å²) in [5, 5.41) is 4.82. The number of para-hydroxylation sites is 1. The molecule has 1 aliphatic rings. The van der Waals surface area contributed by atoms with Gasteiger partial charge in [0.05, 0.1) is 16.3 Å². The Hall–Kier alpha value is -3.77. The molecule has 198 valence electrons. The van der Waals surface area contributed by atoms with Crippen LogP contribution in [-0.4, -0.2) is 50.2 Å². The van der Waals surface area contributed by atoms with E-state index >= 15 is 0 Å². The maximum atomic E-state index is 13.1. The number of thioether (sulfide) groups is 1. The third-order valence-corrected chi connectivity index (χ3v) is 7.93. The van der Waals surface area contributed by atoms with Gasteiger partial charge in [0.2, 0.25) is 0 Å². The number of thiocarbonyl (C=S) groups is 1. The minimum absolute atomic E-state index is 0.224. The molecule has 0 radical (unpaired) electrons. The fourth-order valence-corrected chi connectivity index (χ4v) is 5.66. The number of hydrogen-bond acceptors (Lipinski definition) is 7. The van der Waals surface area contributed by atoms with Gasteiger partial charge in [0, 0.05) is 23.9 Å². The van der Waals surface area contributed by atoms with Crippen LogP contribution in [0.2, 0.25) is 0 Å². The lowest BCUT2D eigenvalue weighted by molar-refractivity contribution is -0.121. The number of benzene rings is 3. The first-order chi connectivity index (χ1) is 18.8. The van der Waals surface area contributed by atoms with Crippen LogP contribution in [0, 0.1) is 0 Å². The average Bonchev–Trinajstić information content (AvgIpc) is 3.47. The molecule has 0 unspecified atom stereocenters. The summed E-state index contributed by atoms with van der Waals surface area (Å²) in [7, 11) is -4.24. The summed E-state index contributed by atoms with van der Waals surface area (Å²) in [6.45, 7) is 0.194. The Morgan fingerprint density at radius 3 is 2.44 bits per heavy atom. The number of carbonyl (C=O) groups excluding carboxylic acids is 1. The zero-order valence-corrected chi connectivity index (χ0v) is 23.0. The molecule has 1 saturated heterocycles. The Labute approximate surface area is 235 Å². The second kappa shape index (κ2) is 11.5. The van der Waals surface area contributed by atoms with E-state index in [0.717, 1.165) is 28.6 Å². The molecule has 0 aliphatic carbocycles. The molecule has 11 heteroatoms. The first-order valence-electron chi connectivity index (χ1n) is 11.9. The standard InChI is InChI=1S/C28H23N3O5S3/c32-27-25(38-28(37)30(27)14-15-39(33,34)35)17-22-18-31(23-11-5-2-6-12-23)29-26(22)21-10-7-13-24(16-21)36-19-20-8-3-1-4-9-20/h1-13,16-18H,14-15,19H2,(H,33,34,35). The van der Waals surface area contributed by atoms with E-state index in [1.54, 1.807) is 10.8 Å². The molecule has 1 N–H and O–H groups in total. The molecule has 4 aromatic rings. The smallest absolute Gasteiger partial charge is 0.266 e. The van der Waals surface area contributed by atoms with Crippen molar-refractivity contribution in [3.63, 3.8) is 0 Å². The molecule has 0 bridgehead atoms. The number of carbonyl (C=O) groups is 1. The van der Waals surface area contributed by atoms with Gasteiger partial charge in [-0.25, -0.2) is 4.68 Å². The van der Waals surface area contributed by atoms with Crippen LogP contribution in [0.3, 0.4) is 0 Å². The second-order valence-electron chi connectivity index (χ2n) is 8.63. The summed E-state index contributed by atoms with van der Waals surface area (Å²) >= 11 is 6.38. The molecule has 2 heterocycles. The highest BCUT2D eigenvalue weighted by molar-refractivity contribution is 8.26. The van der Waals surface area contributed by atoms with Crippen LogP contribution < -0.4 is 4.74 Å². The highest BCUT2D eigenvalue weighted by Crippen LogP contribution is 2.35. The van der Waals surface area contributed by atoms with E-state index in [1.165, 1.54) is 4.90 Å². The van der Waals surface area contributed by atoms with Gasteiger partial charge in [-0.2, -0.15) is 13.5 Å². The predicted octanol–water partition coefficient (Wildman–Crippen LogP) is 5.21. The third kappa shape index (κ3) is 6.63. The van der Waals surface area contributed by atoms with Crippen molar-refractivity contribution in [1.82, 2.24) is 14.7 Å². The monoisotopic (exact) mass is 577 g/mol. The first-order valence-corrected chi connectivity index (χ1v) is 14.7. The lowest BCUT2D eigenvalue weighted by atomic mass is 10.1. The Kier molecular flexibility index (Phi) is 7.94. The molecule has 39 heavy (non-hydrogen) atoms. The van der Waals surface area contributed by atoms with Crippen molar-refractivity contribution in [2.75, 3.05) is 12.3 Å². The Morgan fingerprint density at radius 1 is 1.00 bits per heavy atom. The van der Waals surface area contributed by atoms with Crippen LogP contribution in [0.5, 0.6) is 5.75 Å². The molecule has 1 amide bonds. The van der Waals surface area contributed by atoms with Gasteiger partial charge in [0.25, 0.3) is 16.0 Å². The van der Waals surface area contributed by atoms with E-state index in [2.05, 4.69) is 0 Å². The van der Waals surface area contributed by atoms with Crippen LogP contribution in [0.1, 0.15) is 11.1 Å². The van der Waals surface area contributed by atoms with E-state index in [4.69, 9.17) is 26.6 Å². The Morgan fingerprint density at radius 2 is 1.72 bits per heavy atom. The lowest BCUT2D eigenvalue weighted by Gasteiger charge is -2.12. The van der Waals surface area contributed by atoms with E-state index in [9.17, 15) is 13.2 Å². The quantitative estimate of drug-likeness (QED) is 0.164. The highest BCUT2D eigenvalue weighted by atomic mass is 32.2. The van der Waals surface area contributed by atoms with Crippen LogP contribution in [-0.2, 0) is 21.5 Å². The molecule has 0 saturated carbocycles. The molecule has 1 aliphatic heterocycles. The second-order valence-corrected chi connectivity index (χ2v) is 11.9. The van der Waals surface area contributed by atoms with Crippen molar-refractivity contribution in [3.05, 3.63) is 107 Å². The van der Waals surface area contributed by atoms with E-state index in [1.807, 2.05) is 91.1 Å². The summed E-state index contributed by atoms with van der Waals surface area (Å²) in [6.07, 6.45) is 3.53. The largest absolute Gasteiger partial charge is 0.489 e. The average molecular weight is 578 g/mol. The minimum Gasteiger partial charge on any atom is -0.489 e. The van der Waals surface area contributed by atoms with E-state index < -0.39 is 21.8 Å². The summed E-state index contributed by atoms with van der Waals surface area (Å²) < 4.78 is 39.5. The first kappa shape index (κ1) is 26.8. The highest BCUT2D eigenvalue weighted by Gasteiger charge is 2.33. The van der Waals surface area contributed by atoms with Crippen LogP contribution in [0.25, 0.3) is 23.0 Å². The van der Waals surface area contributed by atoms with Crippen molar-refractivity contribution >= 4 is 50.4 Å². The lowest BCUT2D eigenvalue weighted by Crippen LogP contribution is -2.32.